The van der Waals surface area contributed by atoms with E-state index in [1.54, 1.807) is 48.5 Å². The van der Waals surface area contributed by atoms with Gasteiger partial charge in [0.1, 0.15) is 24.7 Å². The number of hydrogen-bond acceptors (Lipinski definition) is 8. The van der Waals surface area contributed by atoms with Crippen LogP contribution in [-0.2, 0) is 16.1 Å². The van der Waals surface area contributed by atoms with Gasteiger partial charge in [-0.3, -0.25) is 9.59 Å². The van der Waals surface area contributed by atoms with Crippen molar-refractivity contribution in [1.82, 2.24) is 4.90 Å². The minimum Gasteiger partial charge on any atom is -0.507 e. The Labute approximate surface area is 226 Å². The molecule has 0 radical (unpaired) electrons. The quantitative estimate of drug-likeness (QED) is 0.230. The number of nitrogens with zero attached hydrogens (tertiary/aromatic N) is 1. The predicted octanol–water partition coefficient (Wildman–Crippen LogP) is 5.11. The lowest BCUT2D eigenvalue weighted by molar-refractivity contribution is -0.140. The molecule has 0 saturated carbocycles. The third-order valence-corrected chi connectivity index (χ3v) is 6.72. The van der Waals surface area contributed by atoms with E-state index >= 15 is 0 Å². The summed E-state index contributed by atoms with van der Waals surface area (Å²) in [4.78, 5) is 28.1. The third-order valence-electron chi connectivity index (χ3n) is 6.72. The second-order valence-corrected chi connectivity index (χ2v) is 9.81. The van der Waals surface area contributed by atoms with Gasteiger partial charge in [0.2, 0.25) is 0 Å². The Balaban J connectivity index is 1.58. The van der Waals surface area contributed by atoms with Crippen LogP contribution in [0.3, 0.4) is 0 Å². The van der Waals surface area contributed by atoms with Crippen LogP contribution in [0.25, 0.3) is 5.76 Å². The molecule has 1 N–H and O–H groups in total. The van der Waals surface area contributed by atoms with E-state index in [9.17, 15) is 14.7 Å². The van der Waals surface area contributed by atoms with Crippen molar-refractivity contribution < 1.29 is 38.1 Å². The van der Waals surface area contributed by atoms with Crippen molar-refractivity contribution in [2.45, 2.75) is 32.9 Å². The van der Waals surface area contributed by atoms with Crippen molar-refractivity contribution in [1.29, 1.82) is 0 Å². The number of fused-ring (bicyclic) bond motifs is 1. The number of methoxy groups -OCH3 is 1. The molecule has 5 rings (SSSR count). The smallest absolute Gasteiger partial charge is 0.296 e. The van der Waals surface area contributed by atoms with E-state index in [-0.39, 0.29) is 17.9 Å². The normalized spacial score (nSPS) is 18.1. The zero-order chi connectivity index (χ0) is 27.5. The maximum atomic E-state index is 13.4. The zero-order valence-electron chi connectivity index (χ0n) is 22.1. The van der Waals surface area contributed by atoms with Crippen LogP contribution in [0.4, 0.5) is 0 Å². The number of furan rings is 1. The Bertz CT molecular complexity index is 1390. The summed E-state index contributed by atoms with van der Waals surface area (Å²) in [6.07, 6.45) is 2.38. The van der Waals surface area contributed by atoms with E-state index in [1.807, 2.05) is 0 Å². The number of ether oxygens (including phenoxy) is 4. The van der Waals surface area contributed by atoms with E-state index in [4.69, 9.17) is 23.4 Å². The molecule has 204 valence electrons. The zero-order valence-corrected chi connectivity index (χ0v) is 22.1. The molecule has 1 saturated heterocycles. The van der Waals surface area contributed by atoms with Crippen molar-refractivity contribution in [2.75, 3.05) is 26.9 Å². The number of carbonyl (C=O) groups is 2. The maximum Gasteiger partial charge on any atom is 0.296 e. The molecule has 0 unspecified atom stereocenters. The Hall–Kier alpha value is -4.40. The van der Waals surface area contributed by atoms with E-state index in [1.165, 1.54) is 18.3 Å². The summed E-state index contributed by atoms with van der Waals surface area (Å²) in [6, 6.07) is 12.7. The number of carbonyl (C=O) groups excluding carboxylic acids is 2. The molecule has 9 heteroatoms. The molecule has 1 aromatic heterocycles. The first-order valence-corrected chi connectivity index (χ1v) is 12.9. The Morgan fingerprint density at radius 3 is 2.56 bits per heavy atom. The Kier molecular flexibility index (Phi) is 7.49. The summed E-state index contributed by atoms with van der Waals surface area (Å²) in [5.74, 6) is 1.15. The van der Waals surface area contributed by atoms with E-state index in [2.05, 4.69) is 13.8 Å². The van der Waals surface area contributed by atoms with Gasteiger partial charge in [-0.2, -0.15) is 0 Å². The fourth-order valence-corrected chi connectivity index (χ4v) is 4.68. The van der Waals surface area contributed by atoms with E-state index in [0.29, 0.717) is 65.6 Å². The fraction of sp³-hybridized carbons (Fsp3) is 0.333. The molecule has 9 nitrogen and oxygen atoms in total. The lowest BCUT2D eigenvalue weighted by atomic mass is 9.94. The van der Waals surface area contributed by atoms with Gasteiger partial charge in [-0.25, -0.2) is 0 Å². The molecule has 2 aliphatic rings. The minimum absolute atomic E-state index is 0.0368. The van der Waals surface area contributed by atoms with Crippen LogP contribution in [0.15, 0.2) is 64.8 Å². The maximum absolute atomic E-state index is 13.4. The first-order chi connectivity index (χ1) is 18.9. The van der Waals surface area contributed by atoms with Crippen molar-refractivity contribution in [3.63, 3.8) is 0 Å². The van der Waals surface area contributed by atoms with Gasteiger partial charge in [-0.05, 0) is 60.4 Å². The summed E-state index contributed by atoms with van der Waals surface area (Å²) in [7, 11) is 1.53. The highest BCUT2D eigenvalue weighted by Gasteiger charge is 2.46. The molecule has 1 atom stereocenters. The average Bonchev–Trinajstić information content (AvgIpc) is 3.55. The molecule has 1 amide bonds. The molecule has 3 aromatic rings. The Morgan fingerprint density at radius 2 is 1.85 bits per heavy atom. The molecule has 2 aromatic carbocycles. The highest BCUT2D eigenvalue weighted by atomic mass is 16.6. The topological polar surface area (TPSA) is 108 Å². The number of Topliss-reactive ketones (excluding diaryl/α,β-unsaturated/α-hetero) is 1. The molecule has 0 spiro atoms. The van der Waals surface area contributed by atoms with Gasteiger partial charge in [0.15, 0.2) is 23.0 Å². The molecule has 39 heavy (non-hydrogen) atoms. The Morgan fingerprint density at radius 1 is 1.05 bits per heavy atom. The SMILES string of the molecule is COc1cc([C@@H]2C(=C(O)c3ccc4c(c3)OCCO4)C(=O)C(=O)N2Cc2ccco2)ccc1OCCC(C)C. The lowest BCUT2D eigenvalue weighted by Gasteiger charge is -2.25. The van der Waals surface area contributed by atoms with Crippen molar-refractivity contribution in [3.8, 4) is 23.0 Å². The largest absolute Gasteiger partial charge is 0.507 e. The van der Waals surface area contributed by atoms with Crippen LogP contribution in [-0.4, -0.2) is 48.6 Å². The number of amides is 1. The molecule has 0 bridgehead atoms. The molecule has 3 heterocycles. The molecular formula is C30H31NO8. The number of aliphatic hydroxyl groups excluding tert-OH is 1. The van der Waals surface area contributed by atoms with Crippen LogP contribution in [0.2, 0.25) is 0 Å². The van der Waals surface area contributed by atoms with Gasteiger partial charge < -0.3 is 33.4 Å². The highest BCUT2D eigenvalue weighted by molar-refractivity contribution is 6.46. The molecule has 1 fully saturated rings. The summed E-state index contributed by atoms with van der Waals surface area (Å²) in [6.45, 7) is 5.59. The second-order valence-electron chi connectivity index (χ2n) is 9.81. The fourth-order valence-electron chi connectivity index (χ4n) is 4.68. The summed E-state index contributed by atoms with van der Waals surface area (Å²) in [5.41, 5.74) is 0.868. The molecular weight excluding hydrogens is 502 g/mol. The van der Waals surface area contributed by atoms with Crippen LogP contribution in [0.5, 0.6) is 23.0 Å². The van der Waals surface area contributed by atoms with Crippen LogP contribution in [0.1, 0.15) is 43.2 Å². The summed E-state index contributed by atoms with van der Waals surface area (Å²) >= 11 is 0. The second kappa shape index (κ2) is 11.1. The predicted molar refractivity (Wildman–Crippen MR) is 142 cm³/mol. The van der Waals surface area contributed by atoms with Gasteiger partial charge in [-0.1, -0.05) is 19.9 Å². The number of likely N-dealkylation sites (tertiary alicyclic amines) is 1. The third kappa shape index (κ3) is 5.30. The van der Waals surface area contributed by atoms with Gasteiger partial charge in [-0.15, -0.1) is 0 Å². The van der Waals surface area contributed by atoms with Gasteiger partial charge in [0, 0.05) is 5.56 Å². The first kappa shape index (κ1) is 26.2. The van der Waals surface area contributed by atoms with Crippen molar-refractivity contribution >= 4 is 17.4 Å². The van der Waals surface area contributed by atoms with Gasteiger partial charge in [0.25, 0.3) is 11.7 Å². The van der Waals surface area contributed by atoms with Crippen molar-refractivity contribution in [2.24, 2.45) is 5.92 Å². The summed E-state index contributed by atoms with van der Waals surface area (Å²) in [5, 5.41) is 11.4. The number of hydrogen-bond donors (Lipinski definition) is 1. The number of rotatable bonds is 9. The van der Waals surface area contributed by atoms with Crippen LogP contribution >= 0.6 is 0 Å². The average molecular weight is 534 g/mol. The number of aliphatic hydroxyl groups is 1. The number of benzene rings is 2. The lowest BCUT2D eigenvalue weighted by Crippen LogP contribution is -2.29. The van der Waals surface area contributed by atoms with E-state index in [0.717, 1.165) is 6.42 Å². The van der Waals surface area contributed by atoms with Crippen molar-refractivity contribution in [3.05, 3.63) is 77.3 Å². The molecule has 2 aliphatic heterocycles. The summed E-state index contributed by atoms with van der Waals surface area (Å²) < 4.78 is 28.2. The van der Waals surface area contributed by atoms with Crippen LogP contribution in [0, 0.1) is 5.92 Å². The minimum atomic E-state index is -0.901. The van der Waals surface area contributed by atoms with Crippen LogP contribution < -0.4 is 18.9 Å². The van der Waals surface area contributed by atoms with Gasteiger partial charge in [0.05, 0.1) is 38.1 Å². The highest BCUT2D eigenvalue weighted by Crippen LogP contribution is 2.43. The van der Waals surface area contributed by atoms with Gasteiger partial charge >= 0.3 is 0 Å². The molecule has 0 aliphatic carbocycles. The van der Waals surface area contributed by atoms with E-state index < -0.39 is 17.7 Å². The monoisotopic (exact) mass is 533 g/mol. The standard InChI is InChI=1S/C30H31NO8/c1-18(2)10-12-37-22-8-6-19(15-24(22)35-3)27-26(29(33)30(34)31(27)17-21-5-4-11-36-21)28(32)20-7-9-23-25(16-20)39-14-13-38-23/h4-9,11,15-16,18,27,32H,10,12-14,17H2,1-3H3/t27-/m1/s1. The first-order valence-electron chi connectivity index (χ1n) is 12.9. The number of ketones is 1.